The van der Waals surface area contributed by atoms with Crippen LogP contribution in [-0.4, -0.2) is 19.3 Å². The first-order valence-electron chi connectivity index (χ1n) is 4.93. The Hall–Kier alpha value is -1.14. The number of hydrogen-bond donors (Lipinski definition) is 1. The SMILES string of the molecule is CC1(C)COB(c2cc(F)c(N)c(F)c2)O1. The first kappa shape index (κ1) is 11.4. The fourth-order valence-corrected chi connectivity index (χ4v) is 1.54. The summed E-state index contributed by atoms with van der Waals surface area (Å²) in [5.41, 5.74) is 4.54. The minimum absolute atomic E-state index is 0.301. The second-order valence-corrected chi connectivity index (χ2v) is 4.42. The molecule has 0 saturated carbocycles. The molecule has 0 aromatic heterocycles. The molecule has 1 fully saturated rings. The highest BCUT2D eigenvalue weighted by molar-refractivity contribution is 6.61. The molecule has 1 saturated heterocycles. The van der Waals surface area contributed by atoms with Crippen LogP contribution in [0, 0.1) is 11.6 Å². The highest BCUT2D eigenvalue weighted by Crippen LogP contribution is 2.21. The average molecular weight is 227 g/mol. The first-order valence-corrected chi connectivity index (χ1v) is 4.93. The summed E-state index contributed by atoms with van der Waals surface area (Å²) in [7, 11) is -0.736. The van der Waals surface area contributed by atoms with E-state index in [1.165, 1.54) is 0 Å². The first-order chi connectivity index (χ1) is 7.39. The van der Waals surface area contributed by atoms with E-state index in [1.54, 1.807) is 0 Å². The maximum Gasteiger partial charge on any atom is 0.494 e. The Morgan fingerprint density at radius 3 is 2.31 bits per heavy atom. The molecular weight excluding hydrogens is 215 g/mol. The summed E-state index contributed by atoms with van der Waals surface area (Å²) >= 11 is 0. The van der Waals surface area contributed by atoms with Crippen LogP contribution >= 0.6 is 0 Å². The molecule has 0 radical (unpaired) electrons. The maximum atomic E-state index is 13.2. The van der Waals surface area contributed by atoms with Gasteiger partial charge in [0.1, 0.15) is 17.3 Å². The lowest BCUT2D eigenvalue weighted by Gasteiger charge is -2.15. The van der Waals surface area contributed by atoms with E-state index in [0.29, 0.717) is 12.1 Å². The van der Waals surface area contributed by atoms with Crippen molar-refractivity contribution >= 4 is 18.3 Å². The van der Waals surface area contributed by atoms with Crippen LogP contribution in [0.1, 0.15) is 13.8 Å². The van der Waals surface area contributed by atoms with Crippen LogP contribution in [0.2, 0.25) is 0 Å². The van der Waals surface area contributed by atoms with Gasteiger partial charge in [0.05, 0.1) is 12.2 Å². The molecule has 0 aliphatic carbocycles. The van der Waals surface area contributed by atoms with Crippen LogP contribution in [0.3, 0.4) is 0 Å². The lowest BCUT2D eigenvalue weighted by atomic mass is 9.79. The second kappa shape index (κ2) is 3.71. The number of benzene rings is 1. The number of halogens is 2. The Balaban J connectivity index is 2.29. The van der Waals surface area contributed by atoms with Crippen LogP contribution in [0.4, 0.5) is 14.5 Å². The Morgan fingerprint density at radius 2 is 1.88 bits per heavy atom. The zero-order chi connectivity index (χ0) is 11.9. The standard InChI is InChI=1S/C10H12BF2NO2/c1-10(2)5-15-11(16-10)6-3-7(12)9(14)8(13)4-6/h3-4H,5,14H2,1-2H3. The van der Waals surface area contributed by atoms with Gasteiger partial charge in [-0.3, -0.25) is 0 Å². The van der Waals surface area contributed by atoms with Crippen molar-refractivity contribution in [3.63, 3.8) is 0 Å². The number of hydrogen-bond acceptors (Lipinski definition) is 3. The molecule has 0 unspecified atom stereocenters. The van der Waals surface area contributed by atoms with Gasteiger partial charge < -0.3 is 15.0 Å². The van der Waals surface area contributed by atoms with Crippen molar-refractivity contribution in [3.05, 3.63) is 23.8 Å². The number of anilines is 1. The molecule has 0 atom stereocenters. The molecule has 86 valence electrons. The third kappa shape index (κ3) is 2.03. The number of rotatable bonds is 1. The van der Waals surface area contributed by atoms with Crippen molar-refractivity contribution in [1.29, 1.82) is 0 Å². The molecule has 1 aromatic rings. The van der Waals surface area contributed by atoms with Crippen molar-refractivity contribution in [2.45, 2.75) is 19.4 Å². The Bertz CT molecular complexity index is 402. The van der Waals surface area contributed by atoms with Gasteiger partial charge in [-0.25, -0.2) is 8.78 Å². The third-order valence-corrected chi connectivity index (χ3v) is 2.38. The van der Waals surface area contributed by atoms with Crippen LogP contribution < -0.4 is 11.2 Å². The molecular formula is C10H12BF2NO2. The molecule has 1 aliphatic heterocycles. The molecule has 0 bridgehead atoms. The van der Waals surface area contributed by atoms with Crippen LogP contribution in [0.15, 0.2) is 12.1 Å². The van der Waals surface area contributed by atoms with Gasteiger partial charge in [0.2, 0.25) is 0 Å². The maximum absolute atomic E-state index is 13.2. The normalized spacial score (nSPS) is 19.1. The van der Waals surface area contributed by atoms with Crippen molar-refractivity contribution in [2.75, 3.05) is 12.3 Å². The minimum atomic E-state index is -0.799. The summed E-state index contributed by atoms with van der Waals surface area (Å²) in [5, 5.41) is 0. The summed E-state index contributed by atoms with van der Waals surface area (Å²) in [5.74, 6) is -1.60. The number of nitrogen functional groups attached to an aromatic ring is 1. The summed E-state index contributed by atoms with van der Waals surface area (Å²) in [6, 6.07) is 2.26. The van der Waals surface area contributed by atoms with Gasteiger partial charge in [0, 0.05) is 0 Å². The Labute approximate surface area is 92.7 Å². The number of nitrogens with two attached hydrogens (primary N) is 1. The van der Waals surface area contributed by atoms with E-state index in [4.69, 9.17) is 15.0 Å². The Kier molecular flexibility index (Phi) is 2.63. The summed E-state index contributed by atoms with van der Waals surface area (Å²) in [6.07, 6.45) is 0. The largest absolute Gasteiger partial charge is 0.494 e. The monoisotopic (exact) mass is 227 g/mol. The van der Waals surface area contributed by atoms with Gasteiger partial charge in [-0.15, -0.1) is 0 Å². The zero-order valence-corrected chi connectivity index (χ0v) is 9.09. The molecule has 1 heterocycles. The van der Waals surface area contributed by atoms with E-state index >= 15 is 0 Å². The van der Waals surface area contributed by atoms with Crippen molar-refractivity contribution < 1.29 is 18.1 Å². The minimum Gasteiger partial charge on any atom is -0.404 e. The molecule has 0 amide bonds. The third-order valence-electron chi connectivity index (χ3n) is 2.38. The van der Waals surface area contributed by atoms with Gasteiger partial charge in [0.15, 0.2) is 0 Å². The second-order valence-electron chi connectivity index (χ2n) is 4.42. The fraction of sp³-hybridized carbons (Fsp3) is 0.400. The van der Waals surface area contributed by atoms with Crippen molar-refractivity contribution in [1.82, 2.24) is 0 Å². The van der Waals surface area contributed by atoms with Crippen molar-refractivity contribution in [2.24, 2.45) is 0 Å². The molecule has 1 aliphatic rings. The van der Waals surface area contributed by atoms with Gasteiger partial charge in [0.25, 0.3) is 0 Å². The molecule has 16 heavy (non-hydrogen) atoms. The van der Waals surface area contributed by atoms with E-state index in [-0.39, 0.29) is 0 Å². The molecule has 2 N–H and O–H groups in total. The Morgan fingerprint density at radius 1 is 1.31 bits per heavy atom. The zero-order valence-electron chi connectivity index (χ0n) is 9.09. The predicted molar refractivity (Wildman–Crippen MR) is 57.3 cm³/mol. The molecule has 0 spiro atoms. The molecule has 1 aromatic carbocycles. The van der Waals surface area contributed by atoms with E-state index in [2.05, 4.69) is 0 Å². The quantitative estimate of drug-likeness (QED) is 0.576. The molecule has 3 nitrogen and oxygen atoms in total. The summed E-state index contributed by atoms with van der Waals surface area (Å²) < 4.78 is 37.2. The van der Waals surface area contributed by atoms with Crippen molar-refractivity contribution in [3.8, 4) is 0 Å². The van der Waals surface area contributed by atoms with E-state index < -0.39 is 30.0 Å². The summed E-state index contributed by atoms with van der Waals surface area (Å²) in [6.45, 7) is 4.07. The van der Waals surface area contributed by atoms with E-state index in [0.717, 1.165) is 12.1 Å². The van der Waals surface area contributed by atoms with Gasteiger partial charge in [-0.1, -0.05) is 0 Å². The topological polar surface area (TPSA) is 44.5 Å². The lowest BCUT2D eigenvalue weighted by Crippen LogP contribution is -2.35. The van der Waals surface area contributed by atoms with E-state index in [1.807, 2.05) is 13.8 Å². The molecule has 6 heteroatoms. The van der Waals surface area contributed by atoms with Gasteiger partial charge >= 0.3 is 7.12 Å². The van der Waals surface area contributed by atoms with Gasteiger partial charge in [-0.2, -0.15) is 0 Å². The highest BCUT2D eigenvalue weighted by atomic mass is 19.1. The van der Waals surface area contributed by atoms with Crippen LogP contribution in [0.5, 0.6) is 0 Å². The average Bonchev–Trinajstić information content (AvgIpc) is 2.54. The van der Waals surface area contributed by atoms with Crippen LogP contribution in [0.25, 0.3) is 0 Å². The summed E-state index contributed by atoms with van der Waals surface area (Å²) in [4.78, 5) is 0. The predicted octanol–water partition coefficient (Wildman–Crippen LogP) is 1.07. The van der Waals surface area contributed by atoms with E-state index in [9.17, 15) is 8.78 Å². The highest BCUT2D eigenvalue weighted by Gasteiger charge is 2.38. The van der Waals surface area contributed by atoms with Crippen LogP contribution in [-0.2, 0) is 9.31 Å². The smallest absolute Gasteiger partial charge is 0.404 e. The fourth-order valence-electron chi connectivity index (χ4n) is 1.54. The lowest BCUT2D eigenvalue weighted by molar-refractivity contribution is 0.137. The molecule has 2 rings (SSSR count). The van der Waals surface area contributed by atoms with Gasteiger partial charge in [-0.05, 0) is 31.4 Å².